The Kier molecular flexibility index (Phi) is 4.45. The molecule has 94 valence electrons. The Hall–Kier alpha value is -1.62. The highest BCUT2D eigenvalue weighted by atomic mass is 16.5. The molecular formula is C12H18N2O3. The van der Waals surface area contributed by atoms with E-state index in [1.807, 2.05) is 0 Å². The molecule has 0 atom stereocenters. The summed E-state index contributed by atoms with van der Waals surface area (Å²) in [4.78, 5) is 14.9. The largest absolute Gasteiger partial charge is 0.477 e. The highest BCUT2D eigenvalue weighted by Crippen LogP contribution is 2.13. The number of amides is 1. The molecule has 5 nitrogen and oxygen atoms in total. The zero-order valence-corrected chi connectivity index (χ0v) is 10.4. The van der Waals surface area contributed by atoms with Crippen molar-refractivity contribution < 1.29 is 14.6 Å². The minimum Gasteiger partial charge on any atom is -0.477 e. The minimum atomic E-state index is -0.755. The summed E-state index contributed by atoms with van der Waals surface area (Å²) in [7, 11) is 0. The van der Waals surface area contributed by atoms with E-state index < -0.39 is 5.60 Å². The monoisotopic (exact) mass is 238 g/mol. The Morgan fingerprint density at radius 2 is 2.24 bits per heavy atom. The smallest absolute Gasteiger partial charge is 0.222 e. The quantitative estimate of drug-likeness (QED) is 0.817. The average molecular weight is 238 g/mol. The van der Waals surface area contributed by atoms with Crippen molar-refractivity contribution in [3.8, 4) is 5.88 Å². The molecule has 17 heavy (non-hydrogen) atoms. The average Bonchev–Trinajstić information content (AvgIpc) is 2.15. The summed E-state index contributed by atoms with van der Waals surface area (Å²) in [5.74, 6) is 0.713. The lowest BCUT2D eigenvalue weighted by molar-refractivity contribution is -0.114. The fraction of sp³-hybridized carbons (Fsp3) is 0.500. The van der Waals surface area contributed by atoms with Crippen LogP contribution in [0.5, 0.6) is 5.88 Å². The first-order valence-electron chi connectivity index (χ1n) is 5.47. The molecule has 0 aliphatic carbocycles. The van der Waals surface area contributed by atoms with Gasteiger partial charge < -0.3 is 15.2 Å². The lowest BCUT2D eigenvalue weighted by atomic mass is 10.1. The van der Waals surface area contributed by atoms with Crippen LogP contribution in [-0.4, -0.2) is 28.2 Å². The molecule has 0 aliphatic heterocycles. The number of anilines is 1. The first kappa shape index (κ1) is 13.4. The summed E-state index contributed by atoms with van der Waals surface area (Å²) in [6.45, 7) is 5.23. The molecule has 0 saturated heterocycles. The van der Waals surface area contributed by atoms with Gasteiger partial charge in [0.1, 0.15) is 5.82 Å². The van der Waals surface area contributed by atoms with Crippen LogP contribution in [0.2, 0.25) is 0 Å². The summed E-state index contributed by atoms with van der Waals surface area (Å²) < 4.78 is 5.38. The van der Waals surface area contributed by atoms with Crippen molar-refractivity contribution in [1.29, 1.82) is 0 Å². The molecule has 1 aromatic heterocycles. The van der Waals surface area contributed by atoms with Gasteiger partial charge >= 0.3 is 0 Å². The molecule has 0 radical (unpaired) electrons. The van der Waals surface area contributed by atoms with E-state index >= 15 is 0 Å². The van der Waals surface area contributed by atoms with Crippen molar-refractivity contribution in [3.63, 3.8) is 0 Å². The third-order valence-electron chi connectivity index (χ3n) is 1.99. The van der Waals surface area contributed by atoms with Crippen molar-refractivity contribution >= 4 is 11.7 Å². The van der Waals surface area contributed by atoms with Crippen LogP contribution in [0.15, 0.2) is 18.2 Å². The molecule has 1 heterocycles. The van der Waals surface area contributed by atoms with Crippen molar-refractivity contribution in [1.82, 2.24) is 4.98 Å². The lowest BCUT2D eigenvalue weighted by Crippen LogP contribution is -2.22. The number of aromatic nitrogens is 1. The fourth-order valence-electron chi connectivity index (χ4n) is 1.15. The van der Waals surface area contributed by atoms with E-state index in [2.05, 4.69) is 10.3 Å². The molecule has 0 fully saturated rings. The van der Waals surface area contributed by atoms with Crippen LogP contribution in [0.1, 0.15) is 27.2 Å². The zero-order valence-electron chi connectivity index (χ0n) is 10.4. The molecule has 5 heteroatoms. The van der Waals surface area contributed by atoms with E-state index in [4.69, 9.17) is 4.74 Å². The molecule has 1 amide bonds. The van der Waals surface area contributed by atoms with Crippen LogP contribution in [0.25, 0.3) is 0 Å². The molecule has 0 aliphatic rings. The van der Waals surface area contributed by atoms with Crippen molar-refractivity contribution in [2.24, 2.45) is 0 Å². The predicted octanol–water partition coefficient (Wildman–Crippen LogP) is 1.58. The fourth-order valence-corrected chi connectivity index (χ4v) is 1.15. The van der Waals surface area contributed by atoms with E-state index in [0.29, 0.717) is 24.7 Å². The maximum Gasteiger partial charge on any atom is 0.222 e. The number of hydrogen-bond donors (Lipinski definition) is 2. The number of nitrogens with zero attached hydrogens (tertiary/aromatic N) is 1. The zero-order chi connectivity index (χ0) is 12.9. The highest BCUT2D eigenvalue weighted by Gasteiger charge is 2.12. The Morgan fingerprint density at radius 1 is 1.53 bits per heavy atom. The van der Waals surface area contributed by atoms with Gasteiger partial charge in [-0.1, -0.05) is 6.07 Å². The highest BCUT2D eigenvalue weighted by molar-refractivity contribution is 5.87. The van der Waals surface area contributed by atoms with Crippen LogP contribution >= 0.6 is 0 Å². The van der Waals surface area contributed by atoms with E-state index in [-0.39, 0.29) is 5.91 Å². The summed E-state index contributed by atoms with van der Waals surface area (Å²) >= 11 is 0. The van der Waals surface area contributed by atoms with E-state index in [1.165, 1.54) is 6.92 Å². The number of ether oxygens (including phenoxy) is 1. The molecule has 0 saturated carbocycles. The van der Waals surface area contributed by atoms with Crippen molar-refractivity contribution in [2.45, 2.75) is 32.8 Å². The van der Waals surface area contributed by atoms with Gasteiger partial charge in [-0.05, 0) is 19.9 Å². The number of nitrogens with one attached hydrogen (secondary N) is 1. The number of aliphatic hydroxyl groups is 1. The Morgan fingerprint density at radius 3 is 2.82 bits per heavy atom. The molecule has 0 aromatic carbocycles. The van der Waals surface area contributed by atoms with Crippen molar-refractivity contribution in [3.05, 3.63) is 18.2 Å². The van der Waals surface area contributed by atoms with Gasteiger partial charge in [0, 0.05) is 19.4 Å². The summed E-state index contributed by atoms with van der Waals surface area (Å²) in [5.41, 5.74) is -0.755. The number of hydrogen-bond acceptors (Lipinski definition) is 4. The van der Waals surface area contributed by atoms with Crippen LogP contribution in [0.3, 0.4) is 0 Å². The van der Waals surface area contributed by atoms with Gasteiger partial charge in [0.15, 0.2) is 0 Å². The molecule has 1 aromatic rings. The maximum atomic E-state index is 10.8. The van der Waals surface area contributed by atoms with Gasteiger partial charge in [-0.15, -0.1) is 0 Å². The molecule has 2 N–H and O–H groups in total. The van der Waals surface area contributed by atoms with Crippen LogP contribution in [0, 0.1) is 0 Å². The molecular weight excluding hydrogens is 220 g/mol. The predicted molar refractivity (Wildman–Crippen MR) is 65.0 cm³/mol. The molecule has 0 spiro atoms. The maximum absolute atomic E-state index is 10.8. The first-order valence-corrected chi connectivity index (χ1v) is 5.47. The standard InChI is InChI=1S/C12H18N2O3/c1-9(15)13-10-5-4-6-11(14-10)17-8-7-12(2,3)16/h4-6,16H,7-8H2,1-3H3,(H,13,14,15). The first-order chi connectivity index (χ1) is 7.87. The number of rotatable bonds is 5. The van der Waals surface area contributed by atoms with Crippen molar-refractivity contribution in [2.75, 3.05) is 11.9 Å². The van der Waals surface area contributed by atoms with E-state index in [0.717, 1.165) is 0 Å². The lowest BCUT2D eigenvalue weighted by Gasteiger charge is -2.16. The van der Waals surface area contributed by atoms with Gasteiger partial charge in [-0.2, -0.15) is 4.98 Å². The van der Waals surface area contributed by atoms with Gasteiger partial charge in [0.05, 0.1) is 12.2 Å². The number of pyridine rings is 1. The van der Waals surface area contributed by atoms with Crippen LogP contribution in [-0.2, 0) is 4.79 Å². The topological polar surface area (TPSA) is 71.5 Å². The van der Waals surface area contributed by atoms with Gasteiger partial charge in [-0.3, -0.25) is 4.79 Å². The summed E-state index contributed by atoms with van der Waals surface area (Å²) in [6, 6.07) is 5.14. The second-order valence-corrected chi connectivity index (χ2v) is 4.45. The van der Waals surface area contributed by atoms with Gasteiger partial charge in [0.2, 0.25) is 11.8 Å². The third-order valence-corrected chi connectivity index (χ3v) is 1.99. The Bertz CT molecular complexity index is 386. The number of carbonyl (C=O) groups excluding carboxylic acids is 1. The number of carbonyl (C=O) groups is 1. The molecule has 0 unspecified atom stereocenters. The summed E-state index contributed by atoms with van der Waals surface area (Å²) in [5, 5.41) is 12.1. The van der Waals surface area contributed by atoms with E-state index in [1.54, 1.807) is 32.0 Å². The Balaban J connectivity index is 2.51. The molecule has 1 rings (SSSR count). The van der Waals surface area contributed by atoms with Gasteiger partial charge in [-0.25, -0.2) is 0 Å². The minimum absolute atomic E-state index is 0.175. The molecule has 0 bridgehead atoms. The second-order valence-electron chi connectivity index (χ2n) is 4.45. The van der Waals surface area contributed by atoms with E-state index in [9.17, 15) is 9.90 Å². The normalized spacial score (nSPS) is 11.1. The van der Waals surface area contributed by atoms with Crippen LogP contribution in [0.4, 0.5) is 5.82 Å². The second kappa shape index (κ2) is 5.63. The Labute approximate surface area is 101 Å². The van der Waals surface area contributed by atoms with Crippen LogP contribution < -0.4 is 10.1 Å². The summed E-state index contributed by atoms with van der Waals surface area (Å²) in [6.07, 6.45) is 0.513. The third kappa shape index (κ3) is 5.87. The van der Waals surface area contributed by atoms with Gasteiger partial charge in [0.25, 0.3) is 0 Å². The SMILES string of the molecule is CC(=O)Nc1cccc(OCCC(C)(C)O)n1.